The van der Waals surface area contributed by atoms with Crippen LogP contribution >= 0.6 is 12.0 Å². The molecule has 68 valence electrons. The summed E-state index contributed by atoms with van der Waals surface area (Å²) in [6.45, 7) is 0. The summed E-state index contributed by atoms with van der Waals surface area (Å²) in [6.07, 6.45) is -5.09. The Bertz CT molecular complexity index is 123. The average molecular weight is 198 g/mol. The topological polar surface area (TPSA) is 18.5 Å². The zero-order valence-electron chi connectivity index (χ0n) is 5.11. The predicted octanol–water partition coefficient (Wildman–Crippen LogP) is 2.37. The number of hydrogen-bond acceptors (Lipinski definition) is 3. The molecule has 0 unspecified atom stereocenters. The highest BCUT2D eigenvalue weighted by Gasteiger charge is 2.39. The lowest BCUT2D eigenvalue weighted by atomic mass is 11.4. The van der Waals surface area contributed by atoms with Crippen molar-refractivity contribution in [2.24, 2.45) is 0 Å². The molecule has 0 saturated heterocycles. The van der Waals surface area contributed by atoms with E-state index in [9.17, 15) is 22.0 Å². The Balaban J connectivity index is 3.70. The van der Waals surface area contributed by atoms with E-state index in [4.69, 9.17) is 0 Å². The third kappa shape index (κ3) is 6.32. The number of halogens is 5. The first kappa shape index (κ1) is 10.9. The van der Waals surface area contributed by atoms with Gasteiger partial charge in [0.25, 0.3) is 0 Å². The fourth-order valence-corrected chi connectivity index (χ4v) is 0.389. The highest BCUT2D eigenvalue weighted by atomic mass is 32.2. The molecule has 0 saturated carbocycles. The summed E-state index contributed by atoms with van der Waals surface area (Å²) >= 11 is -1.09. The summed E-state index contributed by atoms with van der Waals surface area (Å²) in [4.78, 5) is 0. The largest absolute Gasteiger partial charge is 0.533 e. The minimum absolute atomic E-state index is 0.562. The van der Waals surface area contributed by atoms with E-state index < -0.39 is 23.8 Å². The van der Waals surface area contributed by atoms with E-state index in [1.165, 1.54) is 0 Å². The summed E-state index contributed by atoms with van der Waals surface area (Å²) < 4.78 is 62.9. The number of ether oxygens (including phenoxy) is 1. The molecule has 0 heterocycles. The van der Waals surface area contributed by atoms with E-state index in [0.29, 0.717) is 7.11 Å². The van der Waals surface area contributed by atoms with Crippen LogP contribution in [-0.4, -0.2) is 18.9 Å². The van der Waals surface area contributed by atoms with Crippen LogP contribution in [0.3, 0.4) is 0 Å². The second kappa shape index (κ2) is 3.55. The fourth-order valence-electron chi connectivity index (χ4n) is 0.130. The molecule has 0 aromatic rings. The third-order valence-electron chi connectivity index (χ3n) is 0.471. The van der Waals surface area contributed by atoms with Crippen molar-refractivity contribution in [3.05, 3.63) is 0 Å². The van der Waals surface area contributed by atoms with E-state index in [2.05, 4.69) is 8.92 Å². The molecule has 0 atom stereocenters. The standard InChI is InChI=1S/C3H3F5O2S/c1-9-3(7,8)11-10-2(4,5)6/h1H3. The molecule has 0 radical (unpaired) electrons. The molecule has 0 aromatic heterocycles. The van der Waals surface area contributed by atoms with E-state index in [1.807, 2.05) is 0 Å². The van der Waals surface area contributed by atoms with Gasteiger partial charge >= 0.3 is 11.8 Å². The van der Waals surface area contributed by atoms with Crippen LogP contribution < -0.4 is 0 Å². The summed E-state index contributed by atoms with van der Waals surface area (Å²) in [5.74, 6) is 0. The maximum absolute atomic E-state index is 11.8. The molecule has 0 aliphatic heterocycles. The van der Waals surface area contributed by atoms with Crippen molar-refractivity contribution in [3.63, 3.8) is 0 Å². The molecule has 0 rings (SSSR count). The average Bonchev–Trinajstić information content (AvgIpc) is 1.83. The van der Waals surface area contributed by atoms with Crippen LogP contribution in [0.4, 0.5) is 22.0 Å². The maximum Gasteiger partial charge on any atom is 0.533 e. The van der Waals surface area contributed by atoms with E-state index in [1.54, 1.807) is 0 Å². The summed E-state index contributed by atoms with van der Waals surface area (Å²) in [5.41, 5.74) is -3.98. The molecular weight excluding hydrogens is 195 g/mol. The van der Waals surface area contributed by atoms with Crippen LogP contribution in [0.5, 0.6) is 0 Å². The lowest BCUT2D eigenvalue weighted by molar-refractivity contribution is -0.273. The van der Waals surface area contributed by atoms with Crippen LogP contribution in [0.15, 0.2) is 0 Å². The summed E-state index contributed by atoms with van der Waals surface area (Å²) in [5, 5.41) is 0. The van der Waals surface area contributed by atoms with Gasteiger partial charge in [0.15, 0.2) is 0 Å². The van der Waals surface area contributed by atoms with Gasteiger partial charge in [-0.25, -0.2) is 4.18 Å². The van der Waals surface area contributed by atoms with Gasteiger partial charge in [-0.1, -0.05) is 0 Å². The highest BCUT2D eigenvalue weighted by Crippen LogP contribution is 2.35. The van der Waals surface area contributed by atoms with Crippen LogP contribution in [0.2, 0.25) is 0 Å². The van der Waals surface area contributed by atoms with Gasteiger partial charge in [-0.3, -0.25) is 0 Å². The third-order valence-corrected chi connectivity index (χ3v) is 1.10. The summed E-state index contributed by atoms with van der Waals surface area (Å²) in [6, 6.07) is 0. The molecule has 0 bridgehead atoms. The molecule has 0 aliphatic rings. The lowest BCUT2D eigenvalue weighted by Gasteiger charge is -2.12. The molecule has 0 aliphatic carbocycles. The lowest BCUT2D eigenvalue weighted by Crippen LogP contribution is -2.18. The normalized spacial score (nSPS) is 13.6. The maximum atomic E-state index is 11.8. The first-order valence-electron chi connectivity index (χ1n) is 2.13. The van der Waals surface area contributed by atoms with Gasteiger partial charge in [0.2, 0.25) is 0 Å². The van der Waals surface area contributed by atoms with Gasteiger partial charge < -0.3 is 4.74 Å². The molecule has 8 heteroatoms. The van der Waals surface area contributed by atoms with Gasteiger partial charge in [0.1, 0.15) is 12.0 Å². The molecule has 0 N–H and O–H groups in total. The predicted molar refractivity (Wildman–Crippen MR) is 26.7 cm³/mol. The van der Waals surface area contributed by atoms with Crippen molar-refractivity contribution in [2.75, 3.05) is 7.11 Å². The Morgan fingerprint density at radius 1 is 1.09 bits per heavy atom. The second-order valence-corrected chi connectivity index (χ2v) is 2.09. The Labute approximate surface area is 62.9 Å². The zero-order valence-corrected chi connectivity index (χ0v) is 5.93. The first-order chi connectivity index (χ1) is 4.77. The van der Waals surface area contributed by atoms with Crippen LogP contribution in [-0.2, 0) is 8.92 Å². The molecule has 0 fully saturated rings. The van der Waals surface area contributed by atoms with E-state index >= 15 is 0 Å². The summed E-state index contributed by atoms with van der Waals surface area (Å²) in [7, 11) is 0.562. The van der Waals surface area contributed by atoms with Crippen LogP contribution in [0.1, 0.15) is 0 Å². The quantitative estimate of drug-likeness (QED) is 0.394. The molecule has 0 aromatic carbocycles. The van der Waals surface area contributed by atoms with Gasteiger partial charge in [0.05, 0.1) is 0 Å². The number of hydrogen-bond donors (Lipinski definition) is 0. The van der Waals surface area contributed by atoms with Crippen molar-refractivity contribution in [1.29, 1.82) is 0 Å². The van der Waals surface area contributed by atoms with Crippen molar-refractivity contribution in [3.8, 4) is 0 Å². The van der Waals surface area contributed by atoms with E-state index in [0.717, 1.165) is 0 Å². The molecule has 0 spiro atoms. The Morgan fingerprint density at radius 3 is 1.82 bits per heavy atom. The Morgan fingerprint density at radius 2 is 1.55 bits per heavy atom. The van der Waals surface area contributed by atoms with Crippen molar-refractivity contribution >= 4 is 12.0 Å². The van der Waals surface area contributed by atoms with Crippen molar-refractivity contribution < 1.29 is 30.9 Å². The number of rotatable bonds is 3. The zero-order chi connectivity index (χ0) is 9.12. The van der Waals surface area contributed by atoms with Gasteiger partial charge in [-0.05, 0) is 0 Å². The highest BCUT2D eigenvalue weighted by molar-refractivity contribution is 7.95. The van der Waals surface area contributed by atoms with Gasteiger partial charge in [-0.15, -0.1) is 13.2 Å². The SMILES string of the molecule is COC(F)(F)SOC(F)(F)F. The Kier molecular flexibility index (Phi) is 3.52. The van der Waals surface area contributed by atoms with Gasteiger partial charge in [-0.2, -0.15) is 8.78 Å². The smallest absolute Gasteiger partial charge is 0.313 e. The second-order valence-electron chi connectivity index (χ2n) is 1.28. The molecule has 2 nitrogen and oxygen atoms in total. The van der Waals surface area contributed by atoms with Crippen molar-refractivity contribution in [1.82, 2.24) is 0 Å². The van der Waals surface area contributed by atoms with E-state index in [-0.39, 0.29) is 0 Å². The molecular formula is C3H3F5O2S. The molecule has 0 amide bonds. The van der Waals surface area contributed by atoms with Crippen molar-refractivity contribution in [2.45, 2.75) is 11.8 Å². The number of methoxy groups -OCH3 is 1. The monoisotopic (exact) mass is 198 g/mol. The molecule has 11 heavy (non-hydrogen) atoms. The first-order valence-corrected chi connectivity index (χ1v) is 2.87. The number of alkyl halides is 5. The van der Waals surface area contributed by atoms with Gasteiger partial charge in [0, 0.05) is 7.11 Å². The minimum atomic E-state index is -5.09. The minimum Gasteiger partial charge on any atom is -0.313 e. The van der Waals surface area contributed by atoms with Crippen LogP contribution in [0.25, 0.3) is 0 Å². The fraction of sp³-hybridized carbons (Fsp3) is 1.00. The Hall–Kier alpha value is -0.0800. The van der Waals surface area contributed by atoms with Crippen LogP contribution in [0, 0.1) is 0 Å².